The van der Waals surface area contributed by atoms with Crippen LogP contribution in [0.2, 0.25) is 5.02 Å². The van der Waals surface area contributed by atoms with Gasteiger partial charge in [-0.3, -0.25) is 4.98 Å². The number of rotatable bonds is 5. The summed E-state index contributed by atoms with van der Waals surface area (Å²) in [5, 5.41) is 5.06. The second-order valence-corrected chi connectivity index (χ2v) is 13.2. The minimum Gasteiger partial charge on any atom is -0.370 e. The highest BCUT2D eigenvalue weighted by atomic mass is 35.5. The molecule has 218 valence electrons. The molecule has 2 aromatic heterocycles. The lowest BCUT2D eigenvalue weighted by Crippen LogP contribution is -2.38. The lowest BCUT2D eigenvalue weighted by Gasteiger charge is -2.37. The quantitative estimate of drug-likeness (QED) is 0.234. The first kappa shape index (κ1) is 28.8. The van der Waals surface area contributed by atoms with E-state index in [-0.39, 0.29) is 12.1 Å². The Morgan fingerprint density at radius 2 is 1.67 bits per heavy atom. The minimum absolute atomic E-state index is 0.102. The van der Waals surface area contributed by atoms with Crippen LogP contribution in [0.15, 0.2) is 66.9 Å². The molecule has 7 heteroatoms. The number of aromatic nitrogens is 2. The molecule has 0 aliphatic carbocycles. The molecule has 2 aliphatic heterocycles. The number of hydrogen-bond donors (Lipinski definition) is 1. The molecule has 2 aliphatic rings. The van der Waals surface area contributed by atoms with E-state index in [0.717, 1.165) is 35.2 Å². The summed E-state index contributed by atoms with van der Waals surface area (Å²) in [4.78, 5) is 9.44. The number of benzene rings is 2. The Morgan fingerprint density at radius 3 is 2.36 bits per heavy atom. The molecule has 4 atom stereocenters. The van der Waals surface area contributed by atoms with Crippen molar-refractivity contribution in [2.24, 2.45) is 11.8 Å². The van der Waals surface area contributed by atoms with Crippen LogP contribution in [0.5, 0.6) is 0 Å². The van der Waals surface area contributed by atoms with Crippen molar-refractivity contribution in [3.63, 3.8) is 0 Å². The van der Waals surface area contributed by atoms with Crippen LogP contribution in [0.25, 0.3) is 5.69 Å². The maximum absolute atomic E-state index is 7.06. The summed E-state index contributed by atoms with van der Waals surface area (Å²) in [5.41, 5.74) is 10.4. The zero-order valence-electron chi connectivity index (χ0n) is 25.4. The SMILES string of the molecule is Cc1ccc(C)c(-n2c(C)cc([C@@H]3[C@H](c4ccccn4)NC(=S)N3c3ccc(N4C[C@@H](C)C[C@H](C)C4)c(Cl)c3)c2C)c1. The van der Waals surface area contributed by atoms with Gasteiger partial charge in [-0.1, -0.05) is 43.6 Å². The Hall–Kier alpha value is -3.35. The maximum atomic E-state index is 7.06. The van der Waals surface area contributed by atoms with Crippen molar-refractivity contribution >= 4 is 40.3 Å². The lowest BCUT2D eigenvalue weighted by molar-refractivity contribution is 0.357. The fourth-order valence-electron chi connectivity index (χ4n) is 7.13. The van der Waals surface area contributed by atoms with Crippen molar-refractivity contribution in [1.82, 2.24) is 14.9 Å². The Kier molecular flexibility index (Phi) is 7.79. The van der Waals surface area contributed by atoms with Gasteiger partial charge in [0, 0.05) is 42.0 Å². The van der Waals surface area contributed by atoms with E-state index in [1.165, 1.54) is 40.2 Å². The van der Waals surface area contributed by atoms with Gasteiger partial charge in [0.1, 0.15) is 0 Å². The first-order valence-electron chi connectivity index (χ1n) is 14.9. The maximum Gasteiger partial charge on any atom is 0.174 e. The predicted molar refractivity (Wildman–Crippen MR) is 179 cm³/mol. The number of pyridine rings is 1. The molecule has 0 spiro atoms. The molecule has 1 N–H and O–H groups in total. The number of nitrogens with one attached hydrogen (secondary N) is 1. The van der Waals surface area contributed by atoms with E-state index in [4.69, 9.17) is 28.8 Å². The van der Waals surface area contributed by atoms with Crippen LogP contribution in [-0.4, -0.2) is 27.8 Å². The summed E-state index contributed by atoms with van der Waals surface area (Å²) >= 11 is 13.1. The van der Waals surface area contributed by atoms with Crippen LogP contribution in [0.3, 0.4) is 0 Å². The van der Waals surface area contributed by atoms with Gasteiger partial charge in [-0.15, -0.1) is 0 Å². The van der Waals surface area contributed by atoms with Crippen LogP contribution in [0.4, 0.5) is 11.4 Å². The average Bonchev–Trinajstić information content (AvgIpc) is 3.44. The molecular formula is C35H40ClN5S. The first-order valence-corrected chi connectivity index (χ1v) is 15.7. The molecule has 6 rings (SSSR count). The smallest absolute Gasteiger partial charge is 0.174 e. The molecule has 0 radical (unpaired) electrons. The molecule has 2 aromatic carbocycles. The van der Waals surface area contributed by atoms with Gasteiger partial charge >= 0.3 is 0 Å². The topological polar surface area (TPSA) is 36.3 Å². The van der Waals surface area contributed by atoms with Crippen LogP contribution in [0, 0.1) is 39.5 Å². The standard InChI is InChI=1S/C35H40ClN5S/c1-21-10-11-24(4)32(16-21)40-25(5)17-28(26(40)6)34-33(30-9-7-8-14-37-30)38-35(42)41(34)27-12-13-31(29(36)18-27)39-19-22(2)15-23(3)20-39/h7-14,16-18,22-23,33-34H,15,19-20H2,1-6H3,(H,38,42)/t22-,23-,33-,34+/m0/s1. The van der Waals surface area contributed by atoms with Crippen molar-refractivity contribution in [3.05, 3.63) is 106 Å². The highest BCUT2D eigenvalue weighted by Crippen LogP contribution is 2.45. The van der Waals surface area contributed by atoms with E-state index in [1.54, 1.807) is 0 Å². The van der Waals surface area contributed by atoms with E-state index >= 15 is 0 Å². The highest BCUT2D eigenvalue weighted by molar-refractivity contribution is 7.80. The van der Waals surface area contributed by atoms with Crippen LogP contribution in [-0.2, 0) is 0 Å². The normalized spacial score (nSPS) is 22.5. The average molecular weight is 598 g/mol. The molecule has 2 saturated heterocycles. The number of hydrogen-bond acceptors (Lipinski definition) is 3. The fourth-order valence-corrected chi connectivity index (χ4v) is 7.77. The Morgan fingerprint density at radius 1 is 0.905 bits per heavy atom. The van der Waals surface area contributed by atoms with Crippen LogP contribution < -0.4 is 15.1 Å². The van der Waals surface area contributed by atoms with E-state index in [2.05, 4.69) is 110 Å². The molecule has 0 saturated carbocycles. The van der Waals surface area contributed by atoms with Crippen LogP contribution >= 0.6 is 23.8 Å². The molecule has 0 bridgehead atoms. The summed E-state index contributed by atoms with van der Waals surface area (Å²) in [6.45, 7) is 15.4. The van der Waals surface area contributed by atoms with E-state index in [1.807, 2.05) is 18.3 Å². The van der Waals surface area contributed by atoms with Crippen LogP contribution in [0.1, 0.15) is 66.1 Å². The Bertz CT molecular complexity index is 1620. The van der Waals surface area contributed by atoms with Gasteiger partial charge < -0.3 is 19.7 Å². The van der Waals surface area contributed by atoms with Gasteiger partial charge in [0.25, 0.3) is 0 Å². The summed E-state index contributed by atoms with van der Waals surface area (Å²) < 4.78 is 2.38. The van der Waals surface area contributed by atoms with Gasteiger partial charge in [0.2, 0.25) is 0 Å². The van der Waals surface area contributed by atoms with Gasteiger partial charge in [-0.25, -0.2) is 0 Å². The zero-order chi connectivity index (χ0) is 29.7. The second kappa shape index (κ2) is 11.4. The summed E-state index contributed by atoms with van der Waals surface area (Å²) in [7, 11) is 0. The predicted octanol–water partition coefficient (Wildman–Crippen LogP) is 8.42. The van der Waals surface area contributed by atoms with Crippen molar-refractivity contribution in [1.29, 1.82) is 0 Å². The van der Waals surface area contributed by atoms with Crippen molar-refractivity contribution in [3.8, 4) is 5.69 Å². The van der Waals surface area contributed by atoms with Gasteiger partial charge in [0.05, 0.1) is 28.5 Å². The molecule has 5 nitrogen and oxygen atoms in total. The first-order chi connectivity index (χ1) is 20.1. The van der Waals surface area contributed by atoms with Gasteiger partial charge in [0.15, 0.2) is 5.11 Å². The largest absolute Gasteiger partial charge is 0.370 e. The van der Waals surface area contributed by atoms with E-state index in [0.29, 0.717) is 16.9 Å². The number of anilines is 2. The monoisotopic (exact) mass is 597 g/mol. The number of piperidine rings is 1. The third-order valence-corrected chi connectivity index (χ3v) is 9.53. The Labute approximate surface area is 260 Å². The number of nitrogens with zero attached hydrogens (tertiary/aromatic N) is 4. The molecule has 42 heavy (non-hydrogen) atoms. The summed E-state index contributed by atoms with van der Waals surface area (Å²) in [6, 6.07) is 21.3. The lowest BCUT2D eigenvalue weighted by atomic mass is 9.91. The summed E-state index contributed by atoms with van der Waals surface area (Å²) in [5.74, 6) is 1.30. The third-order valence-electron chi connectivity index (χ3n) is 8.91. The van der Waals surface area contributed by atoms with Crippen molar-refractivity contribution in [2.75, 3.05) is 22.9 Å². The second-order valence-electron chi connectivity index (χ2n) is 12.4. The number of halogens is 1. The Balaban J connectivity index is 1.45. The molecule has 0 amide bonds. The highest BCUT2D eigenvalue weighted by Gasteiger charge is 2.42. The minimum atomic E-state index is -0.117. The molecule has 4 aromatic rings. The number of thiocarbonyl (C=S) groups is 1. The third kappa shape index (κ3) is 5.20. The van der Waals surface area contributed by atoms with E-state index < -0.39 is 0 Å². The van der Waals surface area contributed by atoms with Crippen molar-refractivity contribution in [2.45, 2.75) is 60.0 Å². The van der Waals surface area contributed by atoms with E-state index in [9.17, 15) is 0 Å². The molecule has 0 unspecified atom stereocenters. The zero-order valence-corrected chi connectivity index (χ0v) is 26.9. The molecular weight excluding hydrogens is 558 g/mol. The molecule has 2 fully saturated rings. The van der Waals surface area contributed by atoms with Crippen molar-refractivity contribution < 1.29 is 0 Å². The van der Waals surface area contributed by atoms with Gasteiger partial charge in [-0.05, 0) is 117 Å². The molecule has 4 heterocycles. The number of aryl methyl sites for hydroxylation is 3. The summed E-state index contributed by atoms with van der Waals surface area (Å²) in [6.07, 6.45) is 3.11. The fraction of sp³-hybridized carbons (Fsp3) is 0.371. The van der Waals surface area contributed by atoms with Gasteiger partial charge in [-0.2, -0.15) is 0 Å².